The van der Waals surface area contributed by atoms with Gasteiger partial charge in [-0.2, -0.15) is 0 Å². The Kier molecular flexibility index (Phi) is 10.5. The molecule has 2 saturated heterocycles. The Labute approximate surface area is 229 Å². The third kappa shape index (κ3) is 6.11. The van der Waals surface area contributed by atoms with Gasteiger partial charge in [-0.1, -0.05) is 0 Å². The molecule has 1 aliphatic carbocycles. The highest BCUT2D eigenvalue weighted by molar-refractivity contribution is 5.76. The maximum atomic E-state index is 11.3. The molecule has 0 amide bonds. The smallest absolute Gasteiger partial charge is 0.187 e. The van der Waals surface area contributed by atoms with Crippen molar-refractivity contribution in [3.05, 3.63) is 0 Å². The monoisotopic (exact) mass is 583 g/mol. The van der Waals surface area contributed by atoms with Crippen LogP contribution >= 0.6 is 0 Å². The molecule has 3 rings (SSSR count). The van der Waals surface area contributed by atoms with Crippen LogP contribution in [0.3, 0.4) is 0 Å². The van der Waals surface area contributed by atoms with E-state index in [0.29, 0.717) is 0 Å². The molecular formula is C21H41N7O12. The lowest BCUT2D eigenvalue weighted by Gasteiger charge is -2.45. The van der Waals surface area contributed by atoms with Gasteiger partial charge in [0.05, 0.1) is 25.4 Å². The van der Waals surface area contributed by atoms with E-state index in [1.165, 1.54) is 14.0 Å². The van der Waals surface area contributed by atoms with Crippen molar-refractivity contribution >= 4 is 11.9 Å². The molecule has 40 heavy (non-hydrogen) atoms. The lowest BCUT2D eigenvalue weighted by Crippen LogP contribution is -2.66. The van der Waals surface area contributed by atoms with Gasteiger partial charge in [0.15, 0.2) is 24.5 Å². The molecule has 2 heterocycles. The minimum absolute atomic E-state index is 0.493. The van der Waals surface area contributed by atoms with Crippen LogP contribution in [0.1, 0.15) is 6.92 Å². The average molecular weight is 584 g/mol. The van der Waals surface area contributed by atoms with E-state index in [0.717, 1.165) is 0 Å². The number of hydrogen-bond donors (Lipinski definition) is 13. The van der Waals surface area contributed by atoms with Crippen molar-refractivity contribution in [1.82, 2.24) is 5.32 Å². The summed E-state index contributed by atoms with van der Waals surface area (Å²) in [7, 11) is 1.44. The van der Waals surface area contributed by atoms with E-state index >= 15 is 0 Å². The van der Waals surface area contributed by atoms with E-state index in [-0.39, 0.29) is 0 Å². The predicted octanol–water partition coefficient (Wildman–Crippen LogP) is -8.37. The van der Waals surface area contributed by atoms with Crippen LogP contribution in [0.25, 0.3) is 0 Å². The fourth-order valence-corrected chi connectivity index (χ4v) is 5.17. The van der Waals surface area contributed by atoms with Gasteiger partial charge in [0.25, 0.3) is 0 Å². The number of aliphatic hydroxyl groups is 8. The molecule has 17 N–H and O–H groups in total. The lowest BCUT2D eigenvalue weighted by atomic mass is 9.81. The first-order chi connectivity index (χ1) is 18.7. The van der Waals surface area contributed by atoms with E-state index in [9.17, 15) is 40.9 Å². The molecule has 19 nitrogen and oxygen atoms in total. The quantitative estimate of drug-likeness (QED) is 0.0884. The second-order valence-corrected chi connectivity index (χ2v) is 10.0. The van der Waals surface area contributed by atoms with E-state index in [1.807, 2.05) is 0 Å². The van der Waals surface area contributed by atoms with Crippen LogP contribution in [-0.4, -0.2) is 164 Å². The highest BCUT2D eigenvalue weighted by Gasteiger charge is 2.60. The number of guanidine groups is 2. The summed E-state index contributed by atoms with van der Waals surface area (Å²) < 4.78 is 23.2. The molecular weight excluding hydrogens is 542 g/mol. The van der Waals surface area contributed by atoms with Crippen LogP contribution < -0.4 is 28.3 Å². The van der Waals surface area contributed by atoms with Gasteiger partial charge in [0.1, 0.15) is 66.5 Å². The molecule has 232 valence electrons. The van der Waals surface area contributed by atoms with Gasteiger partial charge in [-0.15, -0.1) is 0 Å². The maximum absolute atomic E-state index is 11.3. The largest absolute Gasteiger partial charge is 0.394 e. The zero-order chi connectivity index (χ0) is 30.1. The van der Waals surface area contributed by atoms with Crippen molar-refractivity contribution in [2.75, 3.05) is 20.3 Å². The number of aliphatic hydroxyl groups excluding tert-OH is 7. The average Bonchev–Trinajstić information content (AvgIpc) is 3.13. The molecule has 3 fully saturated rings. The second-order valence-electron chi connectivity index (χ2n) is 10.0. The summed E-state index contributed by atoms with van der Waals surface area (Å²) in [5.41, 5.74) is 19.7. The molecule has 19 heteroatoms. The number of hydrogen-bond acceptors (Lipinski definition) is 15. The molecule has 0 aromatic heterocycles. The fraction of sp³-hybridized carbons (Fsp3) is 0.905. The minimum atomic E-state index is -2.15. The number of nitrogens with one attached hydrogen (secondary N) is 1. The molecule has 0 bridgehead atoms. The third-order valence-electron chi connectivity index (χ3n) is 7.49. The molecule has 0 radical (unpaired) electrons. The summed E-state index contributed by atoms with van der Waals surface area (Å²) in [6, 6.07) is -4.00. The van der Waals surface area contributed by atoms with Gasteiger partial charge in [0, 0.05) is 0 Å². The van der Waals surface area contributed by atoms with Crippen LogP contribution in [0, 0.1) is 0 Å². The lowest BCUT2D eigenvalue weighted by molar-refractivity contribution is -0.317. The first-order valence-electron chi connectivity index (χ1n) is 12.5. The van der Waals surface area contributed by atoms with Crippen molar-refractivity contribution in [2.45, 2.75) is 98.2 Å². The van der Waals surface area contributed by atoms with Gasteiger partial charge in [-0.3, -0.25) is 0 Å². The Balaban J connectivity index is 1.96. The van der Waals surface area contributed by atoms with Gasteiger partial charge in [0.2, 0.25) is 0 Å². The summed E-state index contributed by atoms with van der Waals surface area (Å²) in [6.07, 6.45) is -16.9. The molecule has 0 aromatic rings. The number of likely N-dealkylation sites (N-methyl/N-ethyl adjacent to an activating group) is 1. The predicted molar refractivity (Wildman–Crippen MR) is 134 cm³/mol. The molecule has 15 atom stereocenters. The number of rotatable bonds is 9. The zero-order valence-corrected chi connectivity index (χ0v) is 21.9. The Bertz CT molecular complexity index is 911. The van der Waals surface area contributed by atoms with Gasteiger partial charge in [-0.25, -0.2) is 9.98 Å². The number of ether oxygens (including phenoxy) is 4. The summed E-state index contributed by atoms with van der Waals surface area (Å²) in [6.45, 7) is -0.199. The Morgan fingerprint density at radius 2 is 1.43 bits per heavy atom. The van der Waals surface area contributed by atoms with Crippen LogP contribution in [0.15, 0.2) is 9.98 Å². The van der Waals surface area contributed by atoms with Crippen molar-refractivity contribution in [2.24, 2.45) is 32.9 Å². The number of nitrogens with zero attached hydrogens (tertiary/aromatic N) is 2. The van der Waals surface area contributed by atoms with Crippen molar-refractivity contribution in [3.63, 3.8) is 0 Å². The van der Waals surface area contributed by atoms with E-state index in [4.69, 9.17) is 41.9 Å². The molecule has 3 aliphatic rings. The topological polar surface area (TPSA) is 340 Å². The van der Waals surface area contributed by atoms with E-state index < -0.39 is 116 Å². The van der Waals surface area contributed by atoms with Crippen LogP contribution in [0.5, 0.6) is 0 Å². The molecule has 0 spiro atoms. The van der Waals surface area contributed by atoms with Crippen molar-refractivity contribution in [3.8, 4) is 0 Å². The molecule has 2 aliphatic heterocycles. The highest BCUT2D eigenvalue weighted by Crippen LogP contribution is 2.39. The number of nitrogens with two attached hydrogens (primary N) is 4. The Morgan fingerprint density at radius 1 is 0.825 bits per heavy atom. The van der Waals surface area contributed by atoms with Crippen molar-refractivity contribution in [1.29, 1.82) is 0 Å². The Hall–Kier alpha value is -1.98. The highest BCUT2D eigenvalue weighted by atomic mass is 16.8. The van der Waals surface area contributed by atoms with Crippen LogP contribution in [-0.2, 0) is 18.9 Å². The summed E-state index contributed by atoms with van der Waals surface area (Å²) >= 11 is 0. The SMILES string of the molecule is CN[C@@H]1[C@@H](O[C@H]2[C@H](O[C@@H]3C(O)[C@@H](O)C(N=C(N)N)[C@H](O)[C@@H]3N=C(N)N)O[C@@H](C)[C@]2(O)CO)O[C@@H](CO)C(O)[C@@H]1O. The number of aliphatic imine (C=N–C) groups is 2. The third-order valence-corrected chi connectivity index (χ3v) is 7.49. The normalized spacial score (nSPS) is 47.5. The summed E-state index contributed by atoms with van der Waals surface area (Å²) in [4.78, 5) is 7.66. The standard InChI is InChI=1S/C21H41N7O12/c1-5-21(36,4-30)16(40-17-9(26-2)13(34)10(31)6(3-29)38-17)18(37-5)39-15-8(28-20(24)25)11(32)7(27-19(22)23)12(33)14(15)35/h5-18,26,29-36H,3-4H2,1-2H3,(H4,22,23,27)(H4,24,25,28)/t5-,6-,7?,8-,9-,10?,11-,12-,13+,14?,15-,16-,17+,18-,21+/m0/s1. The van der Waals surface area contributed by atoms with E-state index in [2.05, 4.69) is 15.3 Å². The first kappa shape index (κ1) is 32.5. The molecule has 1 saturated carbocycles. The minimum Gasteiger partial charge on any atom is -0.394 e. The fourth-order valence-electron chi connectivity index (χ4n) is 5.17. The molecule has 0 aromatic carbocycles. The van der Waals surface area contributed by atoms with E-state index in [1.54, 1.807) is 0 Å². The maximum Gasteiger partial charge on any atom is 0.187 e. The van der Waals surface area contributed by atoms with Gasteiger partial charge < -0.3 is 88.1 Å². The molecule has 3 unspecified atom stereocenters. The Morgan fingerprint density at radius 3 is 1.95 bits per heavy atom. The zero-order valence-electron chi connectivity index (χ0n) is 21.9. The first-order valence-corrected chi connectivity index (χ1v) is 12.5. The van der Waals surface area contributed by atoms with Gasteiger partial charge in [-0.05, 0) is 14.0 Å². The van der Waals surface area contributed by atoms with Gasteiger partial charge >= 0.3 is 0 Å². The van der Waals surface area contributed by atoms with Crippen LogP contribution in [0.4, 0.5) is 0 Å². The van der Waals surface area contributed by atoms with Crippen molar-refractivity contribution < 1.29 is 59.8 Å². The summed E-state index contributed by atoms with van der Waals surface area (Å²) in [5.74, 6) is -1.01. The summed E-state index contributed by atoms with van der Waals surface area (Å²) in [5, 5.41) is 87.0. The van der Waals surface area contributed by atoms with Crippen LogP contribution in [0.2, 0.25) is 0 Å². The second kappa shape index (κ2) is 12.9.